The third kappa shape index (κ3) is 3.15. The van der Waals surface area contributed by atoms with E-state index in [0.717, 1.165) is 0 Å². The van der Waals surface area contributed by atoms with Gasteiger partial charge in [-0.2, -0.15) is 0 Å². The van der Waals surface area contributed by atoms with E-state index in [4.69, 9.17) is 51.1 Å². The lowest BCUT2D eigenvalue weighted by Crippen LogP contribution is -1.99. The van der Waals surface area contributed by atoms with E-state index in [9.17, 15) is 4.39 Å². The van der Waals surface area contributed by atoms with Crippen LogP contribution in [0.5, 0.6) is 5.75 Å². The van der Waals surface area contributed by atoms with Crippen LogP contribution in [0.3, 0.4) is 0 Å². The van der Waals surface area contributed by atoms with Gasteiger partial charge in [-0.05, 0) is 29.8 Å². The van der Waals surface area contributed by atoms with Crippen molar-refractivity contribution in [3.05, 3.63) is 62.3 Å². The molecule has 0 N–H and O–H groups in total. The first-order valence-corrected chi connectivity index (χ1v) is 7.13. The molecule has 1 nitrogen and oxygen atoms in total. The number of hydrogen-bond donors (Lipinski definition) is 0. The fourth-order valence-corrected chi connectivity index (χ4v) is 2.87. The van der Waals surface area contributed by atoms with E-state index in [1.165, 1.54) is 31.4 Å². The largest absolute Gasteiger partial charge is 0.495 e. The Labute approximate surface area is 136 Å². The predicted octanol–water partition coefficient (Wildman–Crippen LogP) is 6.12. The smallest absolute Gasteiger partial charge is 0.138 e. The highest BCUT2D eigenvalue weighted by atomic mass is 35.5. The van der Waals surface area contributed by atoms with Gasteiger partial charge < -0.3 is 4.74 Å². The maximum atomic E-state index is 13.8. The number of alkyl halides is 1. The number of methoxy groups -OCH3 is 1. The maximum absolute atomic E-state index is 13.8. The fraction of sp³-hybridized carbons (Fsp3) is 0.143. The summed E-state index contributed by atoms with van der Waals surface area (Å²) in [4.78, 5) is 0. The molecule has 0 saturated carbocycles. The molecule has 0 saturated heterocycles. The molecule has 2 aromatic rings. The first-order valence-electron chi connectivity index (χ1n) is 5.56. The molecule has 0 heterocycles. The van der Waals surface area contributed by atoms with Gasteiger partial charge in [0.15, 0.2) is 0 Å². The van der Waals surface area contributed by atoms with E-state index in [2.05, 4.69) is 0 Å². The van der Waals surface area contributed by atoms with Crippen LogP contribution >= 0.6 is 46.4 Å². The van der Waals surface area contributed by atoms with E-state index in [0.29, 0.717) is 26.4 Å². The van der Waals surface area contributed by atoms with Crippen molar-refractivity contribution >= 4 is 46.4 Å². The fourth-order valence-electron chi connectivity index (χ4n) is 1.77. The Bertz CT molecular complexity index is 645. The summed E-state index contributed by atoms with van der Waals surface area (Å²) in [6.07, 6.45) is 0. The Morgan fingerprint density at radius 3 is 2.35 bits per heavy atom. The molecular formula is C14H9Cl4FO. The van der Waals surface area contributed by atoms with Gasteiger partial charge in [0, 0.05) is 21.7 Å². The molecule has 106 valence electrons. The summed E-state index contributed by atoms with van der Waals surface area (Å²) in [5.41, 5.74) is 0.725. The molecule has 1 unspecified atom stereocenters. The van der Waals surface area contributed by atoms with Gasteiger partial charge in [-0.25, -0.2) is 4.39 Å². The Morgan fingerprint density at radius 2 is 1.70 bits per heavy atom. The van der Waals surface area contributed by atoms with Crippen molar-refractivity contribution in [2.24, 2.45) is 0 Å². The highest BCUT2D eigenvalue weighted by Gasteiger charge is 2.20. The van der Waals surface area contributed by atoms with E-state index in [1.807, 2.05) is 0 Å². The predicted molar refractivity (Wildman–Crippen MR) is 82.1 cm³/mol. The second kappa shape index (κ2) is 6.40. The summed E-state index contributed by atoms with van der Waals surface area (Å²) in [6, 6.07) is 7.26. The average Bonchev–Trinajstić information content (AvgIpc) is 2.42. The summed E-state index contributed by atoms with van der Waals surface area (Å²) < 4.78 is 18.9. The third-order valence-corrected chi connectivity index (χ3v) is 4.10. The zero-order valence-corrected chi connectivity index (χ0v) is 13.3. The van der Waals surface area contributed by atoms with Gasteiger partial charge in [-0.1, -0.05) is 34.8 Å². The van der Waals surface area contributed by atoms with E-state index < -0.39 is 11.2 Å². The van der Waals surface area contributed by atoms with Gasteiger partial charge in [0.25, 0.3) is 0 Å². The molecule has 0 amide bonds. The van der Waals surface area contributed by atoms with Gasteiger partial charge in [-0.3, -0.25) is 0 Å². The number of benzene rings is 2. The van der Waals surface area contributed by atoms with Gasteiger partial charge in [0.2, 0.25) is 0 Å². The SMILES string of the molecule is COc1cc(Cl)c(C(Cl)c2cc(Cl)ccc2F)cc1Cl. The first kappa shape index (κ1) is 15.7. The zero-order valence-electron chi connectivity index (χ0n) is 10.3. The number of halogens is 5. The molecule has 6 heteroatoms. The van der Waals surface area contributed by atoms with Crippen molar-refractivity contribution in [1.82, 2.24) is 0 Å². The van der Waals surface area contributed by atoms with Crippen LogP contribution in [-0.2, 0) is 0 Å². The molecule has 0 aliphatic rings. The lowest BCUT2D eigenvalue weighted by molar-refractivity contribution is 0.415. The third-order valence-electron chi connectivity index (χ3n) is 2.78. The molecule has 0 radical (unpaired) electrons. The van der Waals surface area contributed by atoms with Gasteiger partial charge in [-0.15, -0.1) is 11.6 Å². The molecule has 0 aliphatic heterocycles. The second-order valence-corrected chi connectivity index (χ2v) is 5.72. The van der Waals surface area contributed by atoms with Crippen molar-refractivity contribution in [2.75, 3.05) is 7.11 Å². The molecule has 20 heavy (non-hydrogen) atoms. The van der Waals surface area contributed by atoms with Crippen LogP contribution in [0, 0.1) is 5.82 Å². The van der Waals surface area contributed by atoms with Crippen molar-refractivity contribution in [3.8, 4) is 5.75 Å². The Kier molecular flexibility index (Phi) is 5.03. The normalized spacial score (nSPS) is 12.3. The van der Waals surface area contributed by atoms with Crippen LogP contribution < -0.4 is 4.74 Å². The van der Waals surface area contributed by atoms with E-state index in [1.54, 1.807) is 6.07 Å². The summed E-state index contributed by atoms with van der Waals surface area (Å²) in [6.45, 7) is 0. The van der Waals surface area contributed by atoms with Crippen molar-refractivity contribution in [2.45, 2.75) is 5.38 Å². The van der Waals surface area contributed by atoms with Gasteiger partial charge >= 0.3 is 0 Å². The van der Waals surface area contributed by atoms with Crippen LogP contribution in [0.15, 0.2) is 30.3 Å². The van der Waals surface area contributed by atoms with E-state index in [-0.39, 0.29) is 5.56 Å². The molecule has 2 aromatic carbocycles. The van der Waals surface area contributed by atoms with Crippen molar-refractivity contribution < 1.29 is 9.13 Å². The minimum Gasteiger partial charge on any atom is -0.495 e. The van der Waals surface area contributed by atoms with Gasteiger partial charge in [0.05, 0.1) is 17.5 Å². The monoisotopic (exact) mass is 352 g/mol. The molecule has 1 atom stereocenters. The molecule has 0 aromatic heterocycles. The van der Waals surface area contributed by atoms with Crippen molar-refractivity contribution in [1.29, 1.82) is 0 Å². The van der Waals surface area contributed by atoms with Gasteiger partial charge in [0.1, 0.15) is 11.6 Å². The summed E-state index contributed by atoms with van der Waals surface area (Å²) in [5, 5.41) is 0.276. The lowest BCUT2D eigenvalue weighted by Gasteiger charge is -2.15. The topological polar surface area (TPSA) is 9.23 Å². The molecule has 0 bridgehead atoms. The Morgan fingerprint density at radius 1 is 1.00 bits per heavy atom. The molecule has 0 aliphatic carbocycles. The summed E-state index contributed by atoms with van der Waals surface area (Å²) >= 11 is 24.3. The van der Waals surface area contributed by atoms with Crippen LogP contribution in [0.2, 0.25) is 15.1 Å². The quantitative estimate of drug-likeness (QED) is 0.603. The highest BCUT2D eigenvalue weighted by Crippen LogP contribution is 2.40. The van der Waals surface area contributed by atoms with Crippen LogP contribution in [0.4, 0.5) is 4.39 Å². The summed E-state index contributed by atoms with van der Waals surface area (Å²) in [5.74, 6) is -0.0340. The maximum Gasteiger partial charge on any atom is 0.138 e. The standard InChI is InChI=1S/C14H9Cl4FO/c1-20-13-6-10(16)8(5-11(13)17)14(18)9-4-7(15)2-3-12(9)19/h2-6,14H,1H3. The molecule has 0 fully saturated rings. The average molecular weight is 354 g/mol. The van der Waals surface area contributed by atoms with Crippen LogP contribution in [0.25, 0.3) is 0 Å². The Hall–Kier alpha value is -0.670. The first-order chi connectivity index (χ1) is 9.43. The second-order valence-electron chi connectivity index (χ2n) is 4.04. The minimum atomic E-state index is -0.801. The van der Waals surface area contributed by atoms with Crippen LogP contribution in [0.1, 0.15) is 16.5 Å². The molecule has 0 spiro atoms. The van der Waals surface area contributed by atoms with Crippen molar-refractivity contribution in [3.63, 3.8) is 0 Å². The zero-order chi connectivity index (χ0) is 14.9. The summed E-state index contributed by atoms with van der Waals surface area (Å²) in [7, 11) is 1.48. The number of rotatable bonds is 3. The number of ether oxygens (including phenoxy) is 1. The molecular weight excluding hydrogens is 345 g/mol. The number of hydrogen-bond acceptors (Lipinski definition) is 1. The van der Waals surface area contributed by atoms with E-state index >= 15 is 0 Å². The van der Waals surface area contributed by atoms with Crippen LogP contribution in [-0.4, -0.2) is 7.11 Å². The highest BCUT2D eigenvalue weighted by molar-refractivity contribution is 6.36. The lowest BCUT2D eigenvalue weighted by atomic mass is 10.0. The minimum absolute atomic E-state index is 0.238. The molecule has 2 rings (SSSR count). The Balaban J connectivity index is 2.50.